The van der Waals surface area contributed by atoms with Gasteiger partial charge in [-0.15, -0.1) is 0 Å². The summed E-state index contributed by atoms with van der Waals surface area (Å²) in [4.78, 5) is 43.1. The molecule has 0 N–H and O–H groups in total. The fraction of sp³-hybridized carbons (Fsp3) is 0.0690. The topological polar surface area (TPSA) is 66.9 Å². The molecule has 6 nitrogen and oxygen atoms in total. The van der Waals surface area contributed by atoms with Crippen LogP contribution in [0.5, 0.6) is 5.75 Å². The van der Waals surface area contributed by atoms with Gasteiger partial charge in [-0.2, -0.15) is 0 Å². The van der Waals surface area contributed by atoms with Crippen molar-refractivity contribution >= 4 is 46.1 Å². The molecule has 172 valence electrons. The van der Waals surface area contributed by atoms with Crippen LogP contribution in [0.2, 0.25) is 0 Å². The quantitative estimate of drug-likeness (QED) is 0.287. The van der Waals surface area contributed by atoms with Crippen LogP contribution >= 0.6 is 0 Å². The summed E-state index contributed by atoms with van der Waals surface area (Å²) in [5.41, 5.74) is 2.33. The molecule has 0 radical (unpaired) electrons. The van der Waals surface area contributed by atoms with Crippen LogP contribution in [0.4, 0.5) is 16.2 Å². The van der Waals surface area contributed by atoms with Gasteiger partial charge in [-0.05, 0) is 54.3 Å². The Morgan fingerprint density at radius 1 is 0.714 bits per heavy atom. The molecule has 0 unspecified atom stereocenters. The molecule has 5 rings (SSSR count). The molecule has 35 heavy (non-hydrogen) atoms. The molecule has 1 aliphatic heterocycles. The smallest absolute Gasteiger partial charge is 0.343 e. The number of methoxy groups -OCH3 is 1. The molecule has 4 aromatic rings. The van der Waals surface area contributed by atoms with Crippen LogP contribution in [0.1, 0.15) is 11.1 Å². The molecule has 1 heterocycles. The molecule has 0 aromatic heterocycles. The fourth-order valence-corrected chi connectivity index (χ4v) is 4.13. The molecular weight excluding hydrogens is 440 g/mol. The second-order valence-electron chi connectivity index (χ2n) is 8.23. The van der Waals surface area contributed by atoms with Gasteiger partial charge in [0.2, 0.25) is 0 Å². The van der Waals surface area contributed by atoms with Crippen molar-refractivity contribution in [3.63, 3.8) is 0 Å². The van der Waals surface area contributed by atoms with E-state index in [4.69, 9.17) is 4.74 Å². The number of anilines is 2. The molecule has 1 aliphatic rings. The molecule has 0 bridgehead atoms. The number of imide groups is 2. The maximum atomic E-state index is 13.7. The Kier molecular flexibility index (Phi) is 5.63. The van der Waals surface area contributed by atoms with Gasteiger partial charge in [-0.3, -0.25) is 9.59 Å². The average Bonchev–Trinajstić information content (AvgIpc) is 2.88. The zero-order chi connectivity index (χ0) is 24.5. The van der Waals surface area contributed by atoms with E-state index in [-0.39, 0.29) is 5.57 Å². The lowest BCUT2D eigenvalue weighted by atomic mass is 10.0. The van der Waals surface area contributed by atoms with E-state index in [1.807, 2.05) is 49.4 Å². The van der Waals surface area contributed by atoms with Crippen molar-refractivity contribution in [2.75, 3.05) is 16.9 Å². The summed E-state index contributed by atoms with van der Waals surface area (Å²) >= 11 is 0. The van der Waals surface area contributed by atoms with E-state index in [2.05, 4.69) is 0 Å². The highest BCUT2D eigenvalue weighted by Crippen LogP contribution is 2.34. The predicted octanol–water partition coefficient (Wildman–Crippen LogP) is 5.74. The van der Waals surface area contributed by atoms with E-state index in [1.165, 1.54) is 6.08 Å². The van der Waals surface area contributed by atoms with Gasteiger partial charge < -0.3 is 4.74 Å². The molecule has 1 fully saturated rings. The number of fused-ring (bicyclic) bond motifs is 1. The summed E-state index contributed by atoms with van der Waals surface area (Å²) in [6, 6.07) is 26.2. The fourth-order valence-electron chi connectivity index (χ4n) is 4.13. The molecule has 4 amide bonds. The number of aryl methyl sites for hydroxylation is 1. The van der Waals surface area contributed by atoms with E-state index < -0.39 is 17.8 Å². The molecule has 1 saturated heterocycles. The van der Waals surface area contributed by atoms with Crippen LogP contribution in [0.25, 0.3) is 16.8 Å². The Balaban J connectivity index is 1.69. The van der Waals surface area contributed by atoms with Crippen molar-refractivity contribution in [3.8, 4) is 5.75 Å². The van der Waals surface area contributed by atoms with E-state index in [0.717, 1.165) is 26.1 Å². The van der Waals surface area contributed by atoms with Crippen molar-refractivity contribution in [2.45, 2.75) is 6.92 Å². The van der Waals surface area contributed by atoms with Gasteiger partial charge in [-0.1, -0.05) is 66.2 Å². The number of ether oxygens (including phenoxy) is 1. The number of carbonyl (C=O) groups is 3. The van der Waals surface area contributed by atoms with Crippen LogP contribution in [0.3, 0.4) is 0 Å². The lowest BCUT2D eigenvalue weighted by Gasteiger charge is -2.34. The number of rotatable bonds is 4. The zero-order valence-corrected chi connectivity index (χ0v) is 19.3. The monoisotopic (exact) mass is 462 g/mol. The summed E-state index contributed by atoms with van der Waals surface area (Å²) in [6.45, 7) is 1.92. The first-order valence-corrected chi connectivity index (χ1v) is 11.1. The van der Waals surface area contributed by atoms with Crippen LogP contribution in [0.15, 0.2) is 96.6 Å². The van der Waals surface area contributed by atoms with Crippen molar-refractivity contribution in [1.29, 1.82) is 0 Å². The van der Waals surface area contributed by atoms with E-state index in [1.54, 1.807) is 55.6 Å². The van der Waals surface area contributed by atoms with Crippen molar-refractivity contribution in [1.82, 2.24) is 0 Å². The SMILES string of the molecule is COc1ccc(/C=C2\C(=O)N(c3ccc(C)cc3)C(=O)N(c3cccc4ccccc34)C2=O)cc1. The molecule has 0 atom stereocenters. The number of amides is 4. The third-order valence-electron chi connectivity index (χ3n) is 5.98. The highest BCUT2D eigenvalue weighted by molar-refractivity contribution is 6.46. The van der Waals surface area contributed by atoms with Gasteiger partial charge in [0, 0.05) is 5.39 Å². The summed E-state index contributed by atoms with van der Waals surface area (Å²) in [7, 11) is 1.56. The summed E-state index contributed by atoms with van der Waals surface area (Å²) in [6.07, 6.45) is 1.51. The molecule has 0 aliphatic carbocycles. The highest BCUT2D eigenvalue weighted by atomic mass is 16.5. The van der Waals surface area contributed by atoms with E-state index >= 15 is 0 Å². The van der Waals surface area contributed by atoms with Crippen molar-refractivity contribution in [2.24, 2.45) is 0 Å². The minimum atomic E-state index is -0.716. The summed E-state index contributed by atoms with van der Waals surface area (Å²) < 4.78 is 5.20. The van der Waals surface area contributed by atoms with Gasteiger partial charge >= 0.3 is 6.03 Å². The lowest BCUT2D eigenvalue weighted by Crippen LogP contribution is -2.57. The molecular formula is C29H22N2O4. The van der Waals surface area contributed by atoms with Crippen molar-refractivity contribution in [3.05, 3.63) is 108 Å². The van der Waals surface area contributed by atoms with Crippen LogP contribution in [-0.4, -0.2) is 25.0 Å². The number of hydrogen-bond donors (Lipinski definition) is 0. The summed E-state index contributed by atoms with van der Waals surface area (Å²) in [5, 5.41) is 1.61. The predicted molar refractivity (Wildman–Crippen MR) is 136 cm³/mol. The Morgan fingerprint density at radius 3 is 2.09 bits per heavy atom. The van der Waals surface area contributed by atoms with E-state index in [9.17, 15) is 14.4 Å². The summed E-state index contributed by atoms with van der Waals surface area (Å²) in [5.74, 6) is -0.686. The maximum absolute atomic E-state index is 13.7. The third kappa shape index (κ3) is 3.95. The second kappa shape index (κ2) is 8.91. The first-order chi connectivity index (χ1) is 17.0. The normalized spacial score (nSPS) is 15.3. The number of nitrogens with zero attached hydrogens (tertiary/aromatic N) is 2. The van der Waals surface area contributed by atoms with Gasteiger partial charge in [0.15, 0.2) is 0 Å². The molecule has 0 saturated carbocycles. The number of urea groups is 1. The average molecular weight is 463 g/mol. The Hall–Kier alpha value is -4.71. The number of carbonyl (C=O) groups excluding carboxylic acids is 3. The van der Waals surface area contributed by atoms with Gasteiger partial charge in [0.25, 0.3) is 11.8 Å². The maximum Gasteiger partial charge on any atom is 0.343 e. The largest absolute Gasteiger partial charge is 0.497 e. The van der Waals surface area contributed by atoms with Crippen LogP contribution in [-0.2, 0) is 9.59 Å². The number of benzene rings is 4. The minimum Gasteiger partial charge on any atom is -0.497 e. The minimum absolute atomic E-state index is 0.108. The Morgan fingerprint density at radius 2 is 1.37 bits per heavy atom. The first-order valence-electron chi connectivity index (χ1n) is 11.1. The van der Waals surface area contributed by atoms with Gasteiger partial charge in [-0.25, -0.2) is 14.6 Å². The third-order valence-corrected chi connectivity index (χ3v) is 5.98. The van der Waals surface area contributed by atoms with Crippen molar-refractivity contribution < 1.29 is 19.1 Å². The standard InChI is InChI=1S/C29H22N2O4/c1-19-10-14-22(15-11-19)30-27(32)25(18-20-12-16-23(35-2)17-13-20)28(33)31(29(30)34)26-9-5-7-21-6-3-4-8-24(21)26/h3-18H,1-2H3/b25-18+. The van der Waals surface area contributed by atoms with Gasteiger partial charge in [0.1, 0.15) is 11.3 Å². The molecule has 0 spiro atoms. The van der Waals surface area contributed by atoms with Crippen LogP contribution < -0.4 is 14.5 Å². The second-order valence-corrected chi connectivity index (χ2v) is 8.23. The highest BCUT2D eigenvalue weighted by Gasteiger charge is 2.44. The number of barbiturate groups is 1. The number of hydrogen-bond acceptors (Lipinski definition) is 4. The Labute approximate surface area is 202 Å². The zero-order valence-electron chi connectivity index (χ0n) is 19.3. The molecule has 6 heteroatoms. The Bertz CT molecular complexity index is 1480. The van der Waals surface area contributed by atoms with Gasteiger partial charge in [0.05, 0.1) is 18.5 Å². The first kappa shape index (κ1) is 22.1. The lowest BCUT2D eigenvalue weighted by molar-refractivity contribution is -0.121. The van der Waals surface area contributed by atoms with E-state index in [0.29, 0.717) is 22.7 Å². The van der Waals surface area contributed by atoms with Crippen LogP contribution in [0, 0.1) is 6.92 Å². The molecule has 4 aromatic carbocycles.